The summed E-state index contributed by atoms with van der Waals surface area (Å²) in [5.74, 6) is -0.0482. The zero-order valence-corrected chi connectivity index (χ0v) is 12.2. The van der Waals surface area contributed by atoms with Gasteiger partial charge >= 0.3 is 0 Å². The number of carbonyl (C=O) groups excluding carboxylic acids is 1. The van der Waals surface area contributed by atoms with E-state index in [9.17, 15) is 9.18 Å². The minimum Gasteiger partial charge on any atom is -0.376 e. The van der Waals surface area contributed by atoms with E-state index in [-0.39, 0.29) is 18.3 Å². The first-order valence-electron chi connectivity index (χ1n) is 6.94. The molecule has 0 bridgehead atoms. The van der Waals surface area contributed by atoms with Crippen molar-refractivity contribution in [2.45, 2.75) is 19.8 Å². The lowest BCUT2D eigenvalue weighted by molar-refractivity contribution is -0.114. The lowest BCUT2D eigenvalue weighted by atomic mass is 10.0. The number of benzene rings is 2. The number of amides is 1. The SMILES string of the molecule is CC(C)c1cccc(NCC(=O)Nc2ccc(F)cc2)c1. The lowest BCUT2D eigenvalue weighted by Crippen LogP contribution is -2.21. The fourth-order valence-corrected chi connectivity index (χ4v) is 1.93. The highest BCUT2D eigenvalue weighted by atomic mass is 19.1. The molecule has 0 radical (unpaired) electrons. The van der Waals surface area contributed by atoms with E-state index in [2.05, 4.69) is 30.5 Å². The molecule has 21 heavy (non-hydrogen) atoms. The van der Waals surface area contributed by atoms with Gasteiger partial charge in [0.15, 0.2) is 0 Å². The molecule has 0 aliphatic rings. The van der Waals surface area contributed by atoms with Crippen LogP contribution in [-0.2, 0) is 4.79 Å². The Morgan fingerprint density at radius 2 is 1.81 bits per heavy atom. The summed E-state index contributed by atoms with van der Waals surface area (Å²) in [4.78, 5) is 11.8. The third-order valence-corrected chi connectivity index (χ3v) is 3.13. The van der Waals surface area contributed by atoms with Crippen molar-refractivity contribution in [3.05, 3.63) is 59.9 Å². The molecule has 2 N–H and O–H groups in total. The zero-order chi connectivity index (χ0) is 15.2. The van der Waals surface area contributed by atoms with E-state index in [0.29, 0.717) is 11.6 Å². The maximum absolute atomic E-state index is 12.8. The molecular weight excluding hydrogens is 267 g/mol. The van der Waals surface area contributed by atoms with Gasteiger partial charge in [0.1, 0.15) is 5.82 Å². The highest BCUT2D eigenvalue weighted by Crippen LogP contribution is 2.18. The number of carbonyl (C=O) groups is 1. The predicted octanol–water partition coefficient (Wildman–Crippen LogP) is 4.00. The van der Waals surface area contributed by atoms with Gasteiger partial charge in [0.25, 0.3) is 0 Å². The standard InChI is InChI=1S/C17H19FN2O/c1-12(2)13-4-3-5-16(10-13)19-11-17(21)20-15-8-6-14(18)7-9-15/h3-10,12,19H,11H2,1-2H3,(H,20,21). The van der Waals surface area contributed by atoms with Crippen LogP contribution in [0.25, 0.3) is 0 Å². The lowest BCUT2D eigenvalue weighted by Gasteiger charge is -2.10. The number of hydrogen-bond acceptors (Lipinski definition) is 2. The van der Waals surface area contributed by atoms with Crippen LogP contribution in [0.1, 0.15) is 25.3 Å². The molecule has 0 spiro atoms. The minimum absolute atomic E-state index is 0.166. The summed E-state index contributed by atoms with van der Waals surface area (Å²) < 4.78 is 12.8. The van der Waals surface area contributed by atoms with Gasteiger partial charge in [-0.1, -0.05) is 26.0 Å². The van der Waals surface area contributed by atoms with Gasteiger partial charge < -0.3 is 10.6 Å². The predicted molar refractivity (Wildman–Crippen MR) is 84.1 cm³/mol. The summed E-state index contributed by atoms with van der Waals surface area (Å²) in [6.07, 6.45) is 0. The van der Waals surface area contributed by atoms with E-state index in [1.807, 2.05) is 18.2 Å². The van der Waals surface area contributed by atoms with Crippen molar-refractivity contribution >= 4 is 17.3 Å². The molecule has 0 atom stereocenters. The third kappa shape index (κ3) is 4.60. The van der Waals surface area contributed by atoms with E-state index in [4.69, 9.17) is 0 Å². The van der Waals surface area contributed by atoms with Crippen LogP contribution in [0.5, 0.6) is 0 Å². The first kappa shape index (κ1) is 15.0. The van der Waals surface area contributed by atoms with Crippen LogP contribution in [-0.4, -0.2) is 12.5 Å². The second-order valence-corrected chi connectivity index (χ2v) is 5.19. The van der Waals surface area contributed by atoms with Crippen LogP contribution in [0.2, 0.25) is 0 Å². The van der Waals surface area contributed by atoms with Gasteiger partial charge in [0.05, 0.1) is 6.54 Å². The Balaban J connectivity index is 1.89. The van der Waals surface area contributed by atoms with Crippen molar-refractivity contribution < 1.29 is 9.18 Å². The van der Waals surface area contributed by atoms with Crippen LogP contribution in [0, 0.1) is 5.82 Å². The van der Waals surface area contributed by atoms with Crippen LogP contribution < -0.4 is 10.6 Å². The second kappa shape index (κ2) is 6.88. The highest BCUT2D eigenvalue weighted by Gasteiger charge is 2.04. The molecule has 2 aromatic carbocycles. The Kier molecular flexibility index (Phi) is 4.93. The van der Waals surface area contributed by atoms with Gasteiger partial charge in [-0.25, -0.2) is 4.39 Å². The summed E-state index contributed by atoms with van der Waals surface area (Å²) in [5.41, 5.74) is 2.72. The first-order valence-corrected chi connectivity index (χ1v) is 6.94. The summed E-state index contributed by atoms with van der Waals surface area (Å²) in [5, 5.41) is 5.79. The summed E-state index contributed by atoms with van der Waals surface area (Å²) >= 11 is 0. The van der Waals surface area contributed by atoms with Crippen molar-refractivity contribution in [1.29, 1.82) is 0 Å². The van der Waals surface area contributed by atoms with Gasteiger partial charge in [0.2, 0.25) is 5.91 Å². The highest BCUT2D eigenvalue weighted by molar-refractivity contribution is 5.93. The van der Waals surface area contributed by atoms with Crippen LogP contribution in [0.15, 0.2) is 48.5 Å². The minimum atomic E-state index is -0.323. The largest absolute Gasteiger partial charge is 0.376 e. The Morgan fingerprint density at radius 3 is 2.48 bits per heavy atom. The van der Waals surface area contributed by atoms with Crippen LogP contribution >= 0.6 is 0 Å². The summed E-state index contributed by atoms with van der Waals surface area (Å²) in [6, 6.07) is 13.7. The molecular formula is C17H19FN2O. The Bertz CT molecular complexity index is 608. The van der Waals surface area contributed by atoms with Gasteiger partial charge in [-0.15, -0.1) is 0 Å². The molecule has 0 fully saturated rings. The van der Waals surface area contributed by atoms with Crippen molar-refractivity contribution in [3.8, 4) is 0 Å². The number of halogens is 1. The topological polar surface area (TPSA) is 41.1 Å². The van der Waals surface area contributed by atoms with E-state index in [0.717, 1.165) is 5.69 Å². The molecule has 0 aliphatic carbocycles. The van der Waals surface area contributed by atoms with Gasteiger partial charge in [-0.2, -0.15) is 0 Å². The molecule has 3 nitrogen and oxygen atoms in total. The van der Waals surface area contributed by atoms with Gasteiger partial charge in [-0.3, -0.25) is 4.79 Å². The van der Waals surface area contributed by atoms with E-state index in [1.165, 1.54) is 29.8 Å². The van der Waals surface area contributed by atoms with E-state index < -0.39 is 0 Å². The molecule has 0 aromatic heterocycles. The van der Waals surface area contributed by atoms with Crippen molar-refractivity contribution in [1.82, 2.24) is 0 Å². The normalized spacial score (nSPS) is 10.5. The van der Waals surface area contributed by atoms with Crippen molar-refractivity contribution in [2.75, 3.05) is 17.2 Å². The molecule has 0 aliphatic heterocycles. The quantitative estimate of drug-likeness (QED) is 0.872. The number of anilines is 2. The molecule has 0 heterocycles. The molecule has 0 unspecified atom stereocenters. The fourth-order valence-electron chi connectivity index (χ4n) is 1.93. The van der Waals surface area contributed by atoms with Gasteiger partial charge in [0, 0.05) is 11.4 Å². The Morgan fingerprint density at radius 1 is 1.10 bits per heavy atom. The fraction of sp³-hybridized carbons (Fsp3) is 0.235. The molecule has 2 aromatic rings. The molecule has 4 heteroatoms. The Labute approximate surface area is 124 Å². The summed E-state index contributed by atoms with van der Waals surface area (Å²) in [7, 11) is 0. The first-order chi connectivity index (χ1) is 10.0. The van der Waals surface area contributed by atoms with E-state index in [1.54, 1.807) is 0 Å². The van der Waals surface area contributed by atoms with Crippen molar-refractivity contribution in [2.24, 2.45) is 0 Å². The van der Waals surface area contributed by atoms with Crippen LogP contribution in [0.4, 0.5) is 15.8 Å². The monoisotopic (exact) mass is 286 g/mol. The smallest absolute Gasteiger partial charge is 0.243 e. The summed E-state index contributed by atoms with van der Waals surface area (Å²) in [6.45, 7) is 4.42. The maximum atomic E-state index is 12.8. The molecule has 1 amide bonds. The molecule has 2 rings (SSSR count). The second-order valence-electron chi connectivity index (χ2n) is 5.19. The zero-order valence-electron chi connectivity index (χ0n) is 12.2. The number of nitrogens with one attached hydrogen (secondary N) is 2. The molecule has 110 valence electrons. The van der Waals surface area contributed by atoms with E-state index >= 15 is 0 Å². The number of hydrogen-bond donors (Lipinski definition) is 2. The molecule has 0 saturated carbocycles. The average molecular weight is 286 g/mol. The maximum Gasteiger partial charge on any atom is 0.243 e. The third-order valence-electron chi connectivity index (χ3n) is 3.13. The van der Waals surface area contributed by atoms with Gasteiger partial charge in [-0.05, 0) is 47.9 Å². The average Bonchev–Trinajstić information content (AvgIpc) is 2.48. The van der Waals surface area contributed by atoms with Crippen LogP contribution in [0.3, 0.4) is 0 Å². The molecule has 0 saturated heterocycles. The number of rotatable bonds is 5. The Hall–Kier alpha value is -2.36. The van der Waals surface area contributed by atoms with Crippen molar-refractivity contribution in [3.63, 3.8) is 0 Å².